The van der Waals surface area contributed by atoms with E-state index in [4.69, 9.17) is 0 Å². The molecule has 3 nitrogen and oxygen atoms in total. The molecule has 0 aromatic rings. The van der Waals surface area contributed by atoms with Crippen LogP contribution in [-0.4, -0.2) is 30.5 Å². The largest absolute Gasteiger partial charge is 0.395 e. The van der Waals surface area contributed by atoms with E-state index < -0.39 is 0 Å². The van der Waals surface area contributed by atoms with Crippen LogP contribution in [0.1, 0.15) is 51.4 Å². The maximum Gasteiger partial charge on any atom is 0.0587 e. The molecule has 2 N–H and O–H groups in total. The quantitative estimate of drug-likeness (QED) is 0.789. The van der Waals surface area contributed by atoms with Gasteiger partial charge < -0.3 is 10.4 Å². The van der Waals surface area contributed by atoms with E-state index >= 15 is 0 Å². The molecule has 0 amide bonds. The predicted octanol–water partition coefficient (Wildman–Crippen LogP) is 2.90. The molecule has 4 bridgehead atoms. The van der Waals surface area contributed by atoms with Gasteiger partial charge in [0, 0.05) is 31.4 Å². The summed E-state index contributed by atoms with van der Waals surface area (Å²) in [6.45, 7) is 1.36. The highest BCUT2D eigenvalue weighted by Gasteiger charge is 2.50. The van der Waals surface area contributed by atoms with E-state index in [1.165, 1.54) is 44.1 Å². The fourth-order valence-corrected chi connectivity index (χ4v) is 5.90. The second kappa shape index (κ2) is 5.51. The maximum absolute atomic E-state index is 9.67. The highest BCUT2D eigenvalue weighted by atomic mass is 16.3. The summed E-state index contributed by atoms with van der Waals surface area (Å²) in [5, 5.41) is 13.4. The summed E-state index contributed by atoms with van der Waals surface area (Å²) in [5.41, 5.74) is 1.91. The van der Waals surface area contributed by atoms with Crippen molar-refractivity contribution < 1.29 is 5.11 Å². The lowest BCUT2D eigenvalue weighted by Gasteiger charge is -2.57. The SMILES string of the molecule is OC[C@H](CC1=CN=CC1)NCC12CC3CC(CC(C3)C1)C2. The van der Waals surface area contributed by atoms with Crippen LogP contribution in [0.2, 0.25) is 0 Å². The molecule has 21 heavy (non-hydrogen) atoms. The van der Waals surface area contributed by atoms with Gasteiger partial charge in [-0.1, -0.05) is 0 Å². The van der Waals surface area contributed by atoms with Gasteiger partial charge in [-0.05, 0) is 73.7 Å². The molecule has 0 saturated heterocycles. The number of nitrogens with zero attached hydrogens (tertiary/aromatic N) is 1. The van der Waals surface area contributed by atoms with Crippen molar-refractivity contribution in [1.82, 2.24) is 5.32 Å². The average molecular weight is 288 g/mol. The zero-order chi connectivity index (χ0) is 14.3. The summed E-state index contributed by atoms with van der Waals surface area (Å²) in [6, 6.07) is 0.214. The topological polar surface area (TPSA) is 44.6 Å². The summed E-state index contributed by atoms with van der Waals surface area (Å²) in [7, 11) is 0. The molecule has 4 saturated carbocycles. The van der Waals surface area contributed by atoms with Gasteiger partial charge in [-0.3, -0.25) is 4.99 Å². The Hall–Kier alpha value is -0.670. The van der Waals surface area contributed by atoms with Gasteiger partial charge in [0.05, 0.1) is 6.61 Å². The molecule has 4 fully saturated rings. The van der Waals surface area contributed by atoms with Gasteiger partial charge in [-0.2, -0.15) is 0 Å². The molecule has 0 aromatic heterocycles. The molecule has 1 atom stereocenters. The van der Waals surface area contributed by atoms with Crippen molar-refractivity contribution in [2.24, 2.45) is 28.2 Å². The van der Waals surface area contributed by atoms with Crippen LogP contribution >= 0.6 is 0 Å². The third-order valence-corrected chi connectivity index (χ3v) is 6.38. The summed E-state index contributed by atoms with van der Waals surface area (Å²) in [5.74, 6) is 3.03. The molecule has 4 aliphatic carbocycles. The van der Waals surface area contributed by atoms with Crippen LogP contribution in [0.3, 0.4) is 0 Å². The van der Waals surface area contributed by atoms with E-state index in [2.05, 4.69) is 10.3 Å². The molecule has 5 aliphatic rings. The van der Waals surface area contributed by atoms with Crippen LogP contribution in [0.15, 0.2) is 16.8 Å². The zero-order valence-corrected chi connectivity index (χ0v) is 12.9. The molecular formula is C18H28N2O. The first-order chi connectivity index (χ1) is 10.2. The molecule has 1 heterocycles. The second-order valence-electron chi connectivity index (χ2n) is 8.21. The Labute approximate surface area is 127 Å². The van der Waals surface area contributed by atoms with Gasteiger partial charge in [0.1, 0.15) is 0 Å². The van der Waals surface area contributed by atoms with Gasteiger partial charge in [0.25, 0.3) is 0 Å². The molecule has 5 rings (SSSR count). The smallest absolute Gasteiger partial charge is 0.0587 e. The van der Waals surface area contributed by atoms with Crippen molar-refractivity contribution in [3.05, 3.63) is 11.8 Å². The van der Waals surface area contributed by atoms with Crippen LogP contribution in [0.4, 0.5) is 0 Å². The second-order valence-corrected chi connectivity index (χ2v) is 8.21. The molecule has 0 unspecified atom stereocenters. The van der Waals surface area contributed by atoms with Crippen molar-refractivity contribution in [3.63, 3.8) is 0 Å². The van der Waals surface area contributed by atoms with Gasteiger partial charge >= 0.3 is 0 Å². The van der Waals surface area contributed by atoms with Crippen molar-refractivity contribution in [1.29, 1.82) is 0 Å². The van der Waals surface area contributed by atoms with E-state index in [-0.39, 0.29) is 12.6 Å². The Kier molecular flexibility index (Phi) is 3.66. The van der Waals surface area contributed by atoms with Crippen molar-refractivity contribution in [2.75, 3.05) is 13.2 Å². The molecule has 1 aliphatic heterocycles. The van der Waals surface area contributed by atoms with E-state index in [0.29, 0.717) is 5.41 Å². The number of nitrogens with one attached hydrogen (secondary N) is 1. The standard InChI is InChI=1S/C18H28N2O/c21-11-17(6-13-1-2-19-10-13)20-12-18-7-14-3-15(8-18)5-16(4-14)9-18/h2,10,14-17,20-21H,1,3-9,11-12H2/t14?,15?,16?,17-,18?/m0/s1. The minimum atomic E-state index is 0.214. The summed E-state index contributed by atoms with van der Waals surface area (Å²) >= 11 is 0. The monoisotopic (exact) mass is 288 g/mol. The van der Waals surface area contributed by atoms with Crippen molar-refractivity contribution >= 4 is 6.21 Å². The van der Waals surface area contributed by atoms with Crippen LogP contribution in [0.25, 0.3) is 0 Å². The molecular weight excluding hydrogens is 260 g/mol. The third-order valence-electron chi connectivity index (χ3n) is 6.38. The first-order valence-electron chi connectivity index (χ1n) is 8.78. The lowest BCUT2D eigenvalue weighted by atomic mass is 9.49. The number of hydrogen-bond donors (Lipinski definition) is 2. The van der Waals surface area contributed by atoms with E-state index in [9.17, 15) is 5.11 Å². The number of aliphatic imine (C=N–C) groups is 1. The minimum Gasteiger partial charge on any atom is -0.395 e. The fourth-order valence-electron chi connectivity index (χ4n) is 5.90. The summed E-state index contributed by atoms with van der Waals surface area (Å²) < 4.78 is 0. The number of rotatable bonds is 6. The normalized spacial score (nSPS) is 41.6. The van der Waals surface area contributed by atoms with E-state index in [1.54, 1.807) is 0 Å². The molecule has 0 radical (unpaired) electrons. The number of hydrogen-bond acceptors (Lipinski definition) is 3. The Morgan fingerprint density at radius 1 is 1.19 bits per heavy atom. The zero-order valence-electron chi connectivity index (χ0n) is 12.9. The van der Waals surface area contributed by atoms with E-state index in [1.807, 2.05) is 12.4 Å². The van der Waals surface area contributed by atoms with E-state index in [0.717, 1.165) is 37.1 Å². The van der Waals surface area contributed by atoms with Gasteiger partial charge in [0.2, 0.25) is 0 Å². The Bertz CT molecular complexity index is 419. The molecule has 0 aromatic carbocycles. The van der Waals surface area contributed by atoms with Crippen LogP contribution < -0.4 is 5.32 Å². The van der Waals surface area contributed by atoms with Crippen molar-refractivity contribution in [3.8, 4) is 0 Å². The number of aliphatic hydroxyl groups excluding tert-OH is 1. The fraction of sp³-hybridized carbons (Fsp3) is 0.833. The lowest BCUT2D eigenvalue weighted by molar-refractivity contribution is -0.0530. The first kappa shape index (κ1) is 14.0. The maximum atomic E-state index is 9.67. The average Bonchev–Trinajstić information content (AvgIpc) is 2.95. The summed E-state index contributed by atoms with van der Waals surface area (Å²) in [6.07, 6.45) is 14.7. The van der Waals surface area contributed by atoms with Gasteiger partial charge in [0.15, 0.2) is 0 Å². The Morgan fingerprint density at radius 2 is 1.86 bits per heavy atom. The van der Waals surface area contributed by atoms with Gasteiger partial charge in [-0.15, -0.1) is 0 Å². The van der Waals surface area contributed by atoms with Gasteiger partial charge in [-0.25, -0.2) is 0 Å². The Balaban J connectivity index is 1.35. The first-order valence-corrected chi connectivity index (χ1v) is 8.78. The van der Waals surface area contributed by atoms with Crippen molar-refractivity contribution in [2.45, 2.75) is 57.4 Å². The van der Waals surface area contributed by atoms with Crippen LogP contribution in [-0.2, 0) is 0 Å². The van der Waals surface area contributed by atoms with Crippen LogP contribution in [0.5, 0.6) is 0 Å². The molecule has 3 heteroatoms. The van der Waals surface area contributed by atoms with Crippen LogP contribution in [0, 0.1) is 23.2 Å². The summed E-state index contributed by atoms with van der Waals surface area (Å²) in [4.78, 5) is 4.17. The predicted molar refractivity (Wildman–Crippen MR) is 85.3 cm³/mol. The lowest BCUT2D eigenvalue weighted by Crippen LogP contribution is -2.52. The molecule has 116 valence electrons. The highest BCUT2D eigenvalue weighted by molar-refractivity contribution is 5.65. The highest BCUT2D eigenvalue weighted by Crippen LogP contribution is 2.59. The Morgan fingerprint density at radius 3 is 2.38 bits per heavy atom. The third kappa shape index (κ3) is 2.83. The minimum absolute atomic E-state index is 0.214. The number of aliphatic hydroxyl groups is 1. The molecule has 0 spiro atoms.